The Hall–Kier alpha value is -2.73. The van der Waals surface area contributed by atoms with E-state index in [9.17, 15) is 9.18 Å². The molecular formula is C19H19ClFNO4. The van der Waals surface area contributed by atoms with E-state index in [2.05, 4.69) is 5.32 Å². The highest BCUT2D eigenvalue weighted by molar-refractivity contribution is 6.32. The van der Waals surface area contributed by atoms with E-state index in [1.165, 1.54) is 32.4 Å². The summed E-state index contributed by atoms with van der Waals surface area (Å²) in [5, 5.41) is 3.05. The maximum Gasteiger partial charge on any atom is 0.244 e. The summed E-state index contributed by atoms with van der Waals surface area (Å²) in [7, 11) is 3.01. The van der Waals surface area contributed by atoms with Crippen molar-refractivity contribution in [3.63, 3.8) is 0 Å². The van der Waals surface area contributed by atoms with Crippen LogP contribution in [-0.4, -0.2) is 33.3 Å². The molecule has 0 fully saturated rings. The van der Waals surface area contributed by atoms with Crippen molar-refractivity contribution in [2.75, 3.05) is 27.4 Å². The fraction of sp³-hybridized carbons (Fsp3) is 0.211. The SMILES string of the molecule is COc1cc(/C=C/C(=O)NCCOc2cccc(F)c2)cc(Cl)c1OC. The number of rotatable bonds is 8. The van der Waals surface area contributed by atoms with Crippen molar-refractivity contribution in [2.24, 2.45) is 0 Å². The second-order valence-corrected chi connectivity index (χ2v) is 5.58. The van der Waals surface area contributed by atoms with Gasteiger partial charge in [0.1, 0.15) is 18.2 Å². The van der Waals surface area contributed by atoms with Crippen LogP contribution in [0.15, 0.2) is 42.5 Å². The van der Waals surface area contributed by atoms with Crippen molar-refractivity contribution >= 4 is 23.6 Å². The van der Waals surface area contributed by atoms with Gasteiger partial charge in [-0.05, 0) is 35.9 Å². The van der Waals surface area contributed by atoms with E-state index in [4.69, 9.17) is 25.8 Å². The van der Waals surface area contributed by atoms with Crippen LogP contribution < -0.4 is 19.5 Å². The number of benzene rings is 2. The number of carbonyl (C=O) groups is 1. The van der Waals surface area contributed by atoms with Crippen molar-refractivity contribution in [2.45, 2.75) is 0 Å². The van der Waals surface area contributed by atoms with Gasteiger partial charge in [-0.25, -0.2) is 4.39 Å². The molecule has 0 unspecified atom stereocenters. The molecule has 5 nitrogen and oxygen atoms in total. The van der Waals surface area contributed by atoms with Crippen molar-refractivity contribution in [3.05, 3.63) is 58.9 Å². The average molecular weight is 380 g/mol. The fourth-order valence-electron chi connectivity index (χ4n) is 2.16. The lowest BCUT2D eigenvalue weighted by molar-refractivity contribution is -0.116. The van der Waals surface area contributed by atoms with Crippen molar-refractivity contribution in [3.8, 4) is 17.2 Å². The third-order valence-corrected chi connectivity index (χ3v) is 3.63. The minimum atomic E-state index is -0.372. The standard InChI is InChI=1S/C19H19ClFNO4/c1-24-17-11-13(10-16(20)19(17)25-2)6-7-18(23)22-8-9-26-15-5-3-4-14(21)12-15/h3-7,10-12H,8-9H2,1-2H3,(H,22,23)/b7-6+. The van der Waals surface area contributed by atoms with Gasteiger partial charge in [-0.3, -0.25) is 4.79 Å². The smallest absolute Gasteiger partial charge is 0.244 e. The molecule has 0 radical (unpaired) electrons. The molecular weight excluding hydrogens is 361 g/mol. The predicted molar refractivity (Wildman–Crippen MR) is 98.5 cm³/mol. The van der Waals surface area contributed by atoms with Crippen LogP contribution in [0.5, 0.6) is 17.2 Å². The molecule has 0 saturated carbocycles. The number of hydrogen-bond acceptors (Lipinski definition) is 4. The first-order valence-corrected chi connectivity index (χ1v) is 8.17. The molecule has 0 aliphatic rings. The highest BCUT2D eigenvalue weighted by Crippen LogP contribution is 2.36. The molecule has 2 aromatic carbocycles. The van der Waals surface area contributed by atoms with Gasteiger partial charge < -0.3 is 19.5 Å². The lowest BCUT2D eigenvalue weighted by Crippen LogP contribution is -2.26. The van der Waals surface area contributed by atoms with E-state index in [-0.39, 0.29) is 24.9 Å². The van der Waals surface area contributed by atoms with Crippen LogP contribution in [0.2, 0.25) is 5.02 Å². The van der Waals surface area contributed by atoms with E-state index in [0.29, 0.717) is 27.8 Å². The van der Waals surface area contributed by atoms with Crippen LogP contribution in [0.1, 0.15) is 5.56 Å². The maximum atomic E-state index is 13.0. The summed E-state index contributed by atoms with van der Waals surface area (Å²) >= 11 is 6.12. The molecule has 0 bridgehead atoms. The van der Waals surface area contributed by atoms with Gasteiger partial charge in [-0.15, -0.1) is 0 Å². The second kappa shape index (κ2) is 9.68. The zero-order chi connectivity index (χ0) is 18.9. The molecule has 0 aliphatic heterocycles. The molecule has 2 aromatic rings. The van der Waals surface area contributed by atoms with Gasteiger partial charge in [0.25, 0.3) is 0 Å². The first kappa shape index (κ1) is 19.6. The van der Waals surface area contributed by atoms with Crippen molar-refractivity contribution in [1.29, 1.82) is 0 Å². The zero-order valence-electron chi connectivity index (χ0n) is 14.4. The van der Waals surface area contributed by atoms with Crippen LogP contribution in [0.25, 0.3) is 6.08 Å². The number of methoxy groups -OCH3 is 2. The Labute approximate surface area is 156 Å². The zero-order valence-corrected chi connectivity index (χ0v) is 15.2. The first-order valence-electron chi connectivity index (χ1n) is 7.79. The highest BCUT2D eigenvalue weighted by atomic mass is 35.5. The summed E-state index contributed by atoms with van der Waals surface area (Å²) in [6.07, 6.45) is 2.98. The molecule has 138 valence electrons. The molecule has 0 aromatic heterocycles. The Morgan fingerprint density at radius 1 is 1.23 bits per heavy atom. The first-order chi connectivity index (χ1) is 12.5. The summed E-state index contributed by atoms with van der Waals surface area (Å²) in [6, 6.07) is 9.19. The van der Waals surface area contributed by atoms with E-state index in [1.54, 1.807) is 30.3 Å². The van der Waals surface area contributed by atoms with E-state index < -0.39 is 0 Å². The van der Waals surface area contributed by atoms with Gasteiger partial charge in [-0.2, -0.15) is 0 Å². The molecule has 0 aliphatic carbocycles. The van der Waals surface area contributed by atoms with Gasteiger partial charge in [0.15, 0.2) is 11.5 Å². The van der Waals surface area contributed by atoms with Crippen molar-refractivity contribution in [1.82, 2.24) is 5.32 Å². The Morgan fingerprint density at radius 3 is 2.73 bits per heavy atom. The molecule has 7 heteroatoms. The average Bonchev–Trinajstić information content (AvgIpc) is 2.63. The minimum absolute atomic E-state index is 0.227. The van der Waals surface area contributed by atoms with Gasteiger partial charge >= 0.3 is 0 Å². The number of nitrogens with one attached hydrogen (secondary N) is 1. The third-order valence-electron chi connectivity index (χ3n) is 3.35. The summed E-state index contributed by atoms with van der Waals surface area (Å²) < 4.78 is 28.7. The summed E-state index contributed by atoms with van der Waals surface area (Å²) in [5.41, 5.74) is 0.693. The quantitative estimate of drug-likeness (QED) is 0.561. The molecule has 0 spiro atoms. The molecule has 1 N–H and O–H groups in total. The van der Waals surface area contributed by atoms with Crippen molar-refractivity contribution < 1.29 is 23.4 Å². The largest absolute Gasteiger partial charge is 0.493 e. The highest BCUT2D eigenvalue weighted by Gasteiger charge is 2.09. The Bertz CT molecular complexity index is 795. The van der Waals surface area contributed by atoms with E-state index in [1.807, 2.05) is 0 Å². The van der Waals surface area contributed by atoms with Crippen LogP contribution in [0.3, 0.4) is 0 Å². The number of carbonyl (C=O) groups excluding carboxylic acids is 1. The molecule has 0 heterocycles. The monoisotopic (exact) mass is 379 g/mol. The fourth-order valence-corrected chi connectivity index (χ4v) is 2.46. The Morgan fingerprint density at radius 2 is 2.04 bits per heavy atom. The number of ether oxygens (including phenoxy) is 3. The Kier molecular flexibility index (Phi) is 7.29. The number of amides is 1. The van der Waals surface area contributed by atoms with E-state index >= 15 is 0 Å². The van der Waals surface area contributed by atoms with Crippen LogP contribution >= 0.6 is 11.6 Å². The second-order valence-electron chi connectivity index (χ2n) is 5.17. The number of halogens is 2. The van der Waals surface area contributed by atoms with Gasteiger partial charge in [0.05, 0.1) is 25.8 Å². The van der Waals surface area contributed by atoms with Crippen LogP contribution in [0.4, 0.5) is 4.39 Å². The normalized spacial score (nSPS) is 10.6. The maximum absolute atomic E-state index is 13.0. The summed E-state index contributed by atoms with van der Waals surface area (Å²) in [4.78, 5) is 11.8. The topological polar surface area (TPSA) is 56.8 Å². The van der Waals surface area contributed by atoms with E-state index in [0.717, 1.165) is 0 Å². The Balaban J connectivity index is 1.84. The van der Waals surface area contributed by atoms with Crippen LogP contribution in [0, 0.1) is 5.82 Å². The number of hydrogen-bond donors (Lipinski definition) is 1. The van der Waals surface area contributed by atoms with Crippen LogP contribution in [-0.2, 0) is 4.79 Å². The predicted octanol–water partition coefficient (Wildman–Crippen LogP) is 3.70. The lowest BCUT2D eigenvalue weighted by Gasteiger charge is -2.10. The lowest BCUT2D eigenvalue weighted by atomic mass is 10.2. The van der Waals surface area contributed by atoms with Gasteiger partial charge in [0.2, 0.25) is 5.91 Å². The summed E-state index contributed by atoms with van der Waals surface area (Å²) in [5.74, 6) is 0.658. The molecule has 2 rings (SSSR count). The minimum Gasteiger partial charge on any atom is -0.493 e. The third kappa shape index (κ3) is 5.67. The molecule has 1 amide bonds. The van der Waals surface area contributed by atoms with Gasteiger partial charge in [0, 0.05) is 12.1 Å². The molecule has 0 saturated heterocycles. The summed E-state index contributed by atoms with van der Waals surface area (Å²) in [6.45, 7) is 0.512. The van der Waals surface area contributed by atoms with Gasteiger partial charge in [-0.1, -0.05) is 17.7 Å². The molecule has 26 heavy (non-hydrogen) atoms. The molecule has 0 atom stereocenters.